The second-order valence-electron chi connectivity index (χ2n) is 8.58. The highest BCUT2D eigenvalue weighted by atomic mass is 16.5. The third-order valence-electron chi connectivity index (χ3n) is 6.34. The quantitative estimate of drug-likeness (QED) is 0.511. The first kappa shape index (κ1) is 23.1. The Labute approximate surface area is 184 Å². The van der Waals surface area contributed by atoms with E-state index in [1.165, 1.54) is 18.4 Å². The number of ether oxygens (including phenoxy) is 1. The summed E-state index contributed by atoms with van der Waals surface area (Å²) in [5.74, 6) is -0.753. The van der Waals surface area contributed by atoms with Gasteiger partial charge in [0, 0.05) is 25.3 Å². The van der Waals surface area contributed by atoms with Gasteiger partial charge >= 0.3 is 5.97 Å². The number of likely N-dealkylation sites (tertiary alicyclic amines) is 1. The summed E-state index contributed by atoms with van der Waals surface area (Å²) < 4.78 is 5.12. The lowest BCUT2D eigenvalue weighted by Gasteiger charge is -2.32. The van der Waals surface area contributed by atoms with Crippen molar-refractivity contribution in [1.82, 2.24) is 15.2 Å². The van der Waals surface area contributed by atoms with E-state index >= 15 is 0 Å². The molecule has 1 saturated heterocycles. The van der Waals surface area contributed by atoms with E-state index in [1.54, 1.807) is 25.7 Å². The SMILES string of the molecule is CCOC(=O)c1c(C)[nH]c(C(=O)N2CCCC(C(=O)NCCC3=CCCCC3)C2)c1C. The number of hydrogen-bond donors (Lipinski definition) is 2. The number of H-pyrrole nitrogens is 1. The molecular weight excluding hydrogens is 394 g/mol. The van der Waals surface area contributed by atoms with Crippen LogP contribution in [0.1, 0.15) is 84.0 Å². The molecule has 0 saturated carbocycles. The Morgan fingerprint density at radius 1 is 1.23 bits per heavy atom. The van der Waals surface area contributed by atoms with Crippen LogP contribution in [0.15, 0.2) is 11.6 Å². The van der Waals surface area contributed by atoms with Crippen LogP contribution in [0.5, 0.6) is 0 Å². The van der Waals surface area contributed by atoms with Crippen LogP contribution >= 0.6 is 0 Å². The van der Waals surface area contributed by atoms with Gasteiger partial charge in [0.1, 0.15) is 5.69 Å². The Bertz CT molecular complexity index is 855. The third-order valence-corrected chi connectivity index (χ3v) is 6.34. The molecule has 1 unspecified atom stereocenters. The fourth-order valence-corrected chi connectivity index (χ4v) is 4.63. The molecular formula is C24H35N3O4. The maximum absolute atomic E-state index is 13.2. The van der Waals surface area contributed by atoms with E-state index < -0.39 is 5.97 Å². The van der Waals surface area contributed by atoms with Gasteiger partial charge in [0.25, 0.3) is 5.91 Å². The van der Waals surface area contributed by atoms with Gasteiger partial charge in [-0.2, -0.15) is 0 Å². The van der Waals surface area contributed by atoms with E-state index in [1.807, 2.05) is 0 Å². The van der Waals surface area contributed by atoms with Gasteiger partial charge in [0.05, 0.1) is 18.1 Å². The number of rotatable bonds is 7. The van der Waals surface area contributed by atoms with E-state index in [9.17, 15) is 14.4 Å². The molecule has 170 valence electrons. The second kappa shape index (κ2) is 10.6. The summed E-state index contributed by atoms with van der Waals surface area (Å²) in [6.45, 7) is 7.24. The van der Waals surface area contributed by atoms with Gasteiger partial charge in [-0.1, -0.05) is 11.6 Å². The van der Waals surface area contributed by atoms with Gasteiger partial charge in [0.2, 0.25) is 5.91 Å². The topological polar surface area (TPSA) is 91.5 Å². The van der Waals surface area contributed by atoms with Crippen molar-refractivity contribution in [3.05, 3.63) is 34.2 Å². The zero-order valence-electron chi connectivity index (χ0n) is 19.0. The van der Waals surface area contributed by atoms with Gasteiger partial charge in [-0.3, -0.25) is 9.59 Å². The monoisotopic (exact) mass is 429 g/mol. The molecule has 7 heteroatoms. The van der Waals surface area contributed by atoms with E-state index in [4.69, 9.17) is 4.74 Å². The normalized spacial score (nSPS) is 19.0. The molecule has 1 aliphatic heterocycles. The summed E-state index contributed by atoms with van der Waals surface area (Å²) in [6.07, 6.45) is 9.61. The predicted molar refractivity (Wildman–Crippen MR) is 119 cm³/mol. The van der Waals surface area contributed by atoms with Gasteiger partial charge < -0.3 is 19.9 Å². The first-order chi connectivity index (χ1) is 14.9. The molecule has 0 radical (unpaired) electrons. The van der Waals surface area contributed by atoms with E-state index in [2.05, 4.69) is 16.4 Å². The van der Waals surface area contributed by atoms with Crippen LogP contribution in [0.4, 0.5) is 0 Å². The van der Waals surface area contributed by atoms with Crippen LogP contribution in [0.2, 0.25) is 0 Å². The van der Waals surface area contributed by atoms with Crippen molar-refractivity contribution in [2.24, 2.45) is 5.92 Å². The minimum atomic E-state index is -0.420. The smallest absolute Gasteiger partial charge is 0.340 e. The number of aromatic amines is 1. The van der Waals surface area contributed by atoms with Crippen molar-refractivity contribution in [3.63, 3.8) is 0 Å². The molecule has 1 atom stereocenters. The van der Waals surface area contributed by atoms with Gasteiger partial charge in [-0.05, 0) is 71.3 Å². The maximum atomic E-state index is 13.2. The zero-order chi connectivity index (χ0) is 22.4. The van der Waals surface area contributed by atoms with Crippen molar-refractivity contribution in [3.8, 4) is 0 Å². The summed E-state index contributed by atoms with van der Waals surface area (Å²) in [6, 6.07) is 0. The summed E-state index contributed by atoms with van der Waals surface area (Å²) >= 11 is 0. The molecule has 7 nitrogen and oxygen atoms in total. The molecule has 0 bridgehead atoms. The average Bonchev–Trinajstić information content (AvgIpc) is 3.08. The lowest BCUT2D eigenvalue weighted by molar-refractivity contribution is -0.126. The minimum absolute atomic E-state index is 0.0283. The number of nitrogens with one attached hydrogen (secondary N) is 2. The predicted octanol–water partition coefficient (Wildman–Crippen LogP) is 3.67. The first-order valence-corrected chi connectivity index (χ1v) is 11.5. The molecule has 1 aromatic rings. The summed E-state index contributed by atoms with van der Waals surface area (Å²) in [7, 11) is 0. The van der Waals surface area contributed by atoms with Crippen LogP contribution in [0.3, 0.4) is 0 Å². The van der Waals surface area contributed by atoms with Crippen molar-refractivity contribution < 1.29 is 19.1 Å². The lowest BCUT2D eigenvalue weighted by atomic mass is 9.95. The Morgan fingerprint density at radius 2 is 2.03 bits per heavy atom. The number of carbonyl (C=O) groups is 3. The number of amides is 2. The van der Waals surface area contributed by atoms with Crippen molar-refractivity contribution in [1.29, 1.82) is 0 Å². The standard InChI is InChI=1S/C24H35N3O4/c1-4-31-24(30)20-16(2)21(26-17(20)3)23(29)27-14-8-11-19(15-27)22(28)25-13-12-18-9-6-5-7-10-18/h9,19,26H,4-8,10-15H2,1-3H3,(H,25,28). The number of esters is 1. The molecule has 2 N–H and O–H groups in total. The minimum Gasteiger partial charge on any atom is -0.462 e. The van der Waals surface area contributed by atoms with Crippen molar-refractivity contribution >= 4 is 17.8 Å². The van der Waals surface area contributed by atoms with E-state index in [-0.39, 0.29) is 24.3 Å². The van der Waals surface area contributed by atoms with Crippen LogP contribution in [-0.4, -0.2) is 53.9 Å². The van der Waals surface area contributed by atoms with Crippen molar-refractivity contribution in [2.45, 2.75) is 65.7 Å². The van der Waals surface area contributed by atoms with E-state index in [0.29, 0.717) is 42.1 Å². The number of aryl methyl sites for hydroxylation is 1. The number of piperidine rings is 1. The van der Waals surface area contributed by atoms with Crippen LogP contribution in [0.25, 0.3) is 0 Å². The molecule has 3 rings (SSSR count). The van der Waals surface area contributed by atoms with Crippen molar-refractivity contribution in [2.75, 3.05) is 26.2 Å². The number of nitrogens with zero attached hydrogens (tertiary/aromatic N) is 1. The number of hydrogen-bond acceptors (Lipinski definition) is 4. The molecule has 31 heavy (non-hydrogen) atoms. The fraction of sp³-hybridized carbons (Fsp3) is 0.625. The van der Waals surface area contributed by atoms with Gasteiger partial charge in [-0.15, -0.1) is 0 Å². The molecule has 1 aliphatic carbocycles. The molecule has 1 aromatic heterocycles. The molecule has 2 aliphatic rings. The summed E-state index contributed by atoms with van der Waals surface area (Å²) in [5.41, 5.74) is 3.51. The van der Waals surface area contributed by atoms with Crippen LogP contribution in [0, 0.1) is 19.8 Å². The number of aromatic nitrogens is 1. The van der Waals surface area contributed by atoms with Gasteiger partial charge in [-0.25, -0.2) is 4.79 Å². The first-order valence-electron chi connectivity index (χ1n) is 11.5. The zero-order valence-corrected chi connectivity index (χ0v) is 19.0. The molecule has 2 amide bonds. The maximum Gasteiger partial charge on any atom is 0.340 e. The second-order valence-corrected chi connectivity index (χ2v) is 8.58. The molecule has 1 fully saturated rings. The Balaban J connectivity index is 1.59. The number of carbonyl (C=O) groups excluding carboxylic acids is 3. The largest absolute Gasteiger partial charge is 0.462 e. The summed E-state index contributed by atoms with van der Waals surface area (Å²) in [5, 5.41) is 3.07. The summed E-state index contributed by atoms with van der Waals surface area (Å²) in [4.78, 5) is 42.9. The number of allylic oxidation sites excluding steroid dienone is 1. The molecule has 2 heterocycles. The van der Waals surface area contributed by atoms with Gasteiger partial charge in [0.15, 0.2) is 0 Å². The average molecular weight is 430 g/mol. The Morgan fingerprint density at radius 3 is 2.74 bits per heavy atom. The fourth-order valence-electron chi connectivity index (χ4n) is 4.63. The molecule has 0 spiro atoms. The van der Waals surface area contributed by atoms with Crippen LogP contribution in [-0.2, 0) is 9.53 Å². The third kappa shape index (κ3) is 5.57. The van der Waals surface area contributed by atoms with E-state index in [0.717, 1.165) is 32.1 Å². The Kier molecular flexibility index (Phi) is 7.93. The highest BCUT2D eigenvalue weighted by molar-refractivity contribution is 6.00. The highest BCUT2D eigenvalue weighted by Crippen LogP contribution is 2.24. The Hall–Kier alpha value is -2.57. The highest BCUT2D eigenvalue weighted by Gasteiger charge is 2.31. The van der Waals surface area contributed by atoms with Crippen LogP contribution < -0.4 is 5.32 Å². The lowest BCUT2D eigenvalue weighted by Crippen LogP contribution is -2.45. The molecule has 0 aromatic carbocycles.